The van der Waals surface area contributed by atoms with Gasteiger partial charge in [-0.2, -0.15) is 13.2 Å². The summed E-state index contributed by atoms with van der Waals surface area (Å²) in [5.74, 6) is -1.68. The van der Waals surface area contributed by atoms with Gasteiger partial charge in [0.05, 0.1) is 5.02 Å². The second-order valence-electron chi connectivity index (χ2n) is 6.42. The standard InChI is InChI=1S/C17H14ClF4N5O2/c1-16(6-11(17(20,21)22)29-15(23)27-16)13-9(19)3-5-12(25-13)26-14(28)10-4-2-8(18)7-24-10/h2-5,7,11H,6H2,1H3,(H2,23,27)(H,25,26,28)/t11-,16-/m0/s1. The first kappa shape index (κ1) is 20.8. The molecule has 0 unspecified atom stereocenters. The maximum Gasteiger partial charge on any atom is 0.425 e. The van der Waals surface area contributed by atoms with E-state index in [2.05, 4.69) is 25.0 Å². The third-order valence-electron chi connectivity index (χ3n) is 4.13. The number of nitrogens with one attached hydrogen (secondary N) is 1. The third-order valence-corrected chi connectivity index (χ3v) is 4.35. The maximum absolute atomic E-state index is 14.4. The molecule has 154 valence electrons. The van der Waals surface area contributed by atoms with Gasteiger partial charge in [-0.25, -0.2) is 19.4 Å². The Kier molecular flexibility index (Phi) is 5.35. The molecular formula is C17H14ClF4N5O2. The molecule has 2 aromatic heterocycles. The molecule has 7 nitrogen and oxygen atoms in total. The zero-order chi connectivity index (χ0) is 21.4. The van der Waals surface area contributed by atoms with Crippen LogP contribution in [0.5, 0.6) is 0 Å². The predicted octanol–water partition coefficient (Wildman–Crippen LogP) is 3.40. The van der Waals surface area contributed by atoms with Gasteiger partial charge in [0.25, 0.3) is 11.9 Å². The summed E-state index contributed by atoms with van der Waals surface area (Å²) >= 11 is 5.71. The first-order valence-corrected chi connectivity index (χ1v) is 8.54. The number of hydrogen-bond acceptors (Lipinski definition) is 6. The average molecular weight is 432 g/mol. The van der Waals surface area contributed by atoms with Crippen LogP contribution in [0.4, 0.5) is 23.4 Å². The topological polar surface area (TPSA) is 102 Å². The molecule has 1 aliphatic heterocycles. The Morgan fingerprint density at radius 3 is 2.69 bits per heavy atom. The van der Waals surface area contributed by atoms with Crippen LogP contribution < -0.4 is 11.1 Å². The van der Waals surface area contributed by atoms with Gasteiger partial charge >= 0.3 is 6.18 Å². The highest BCUT2D eigenvalue weighted by Gasteiger charge is 2.50. The van der Waals surface area contributed by atoms with Crippen LogP contribution >= 0.6 is 11.6 Å². The quantitative estimate of drug-likeness (QED) is 0.725. The lowest BCUT2D eigenvalue weighted by atomic mass is 9.89. The highest BCUT2D eigenvalue weighted by Crippen LogP contribution is 2.40. The Bertz CT molecular complexity index is 967. The molecule has 3 heterocycles. The van der Waals surface area contributed by atoms with E-state index in [4.69, 9.17) is 17.3 Å². The Morgan fingerprint density at radius 2 is 2.07 bits per heavy atom. The van der Waals surface area contributed by atoms with Crippen molar-refractivity contribution in [2.24, 2.45) is 10.7 Å². The lowest BCUT2D eigenvalue weighted by molar-refractivity contribution is -0.208. The number of nitrogens with zero attached hydrogens (tertiary/aromatic N) is 3. The van der Waals surface area contributed by atoms with Gasteiger partial charge in [-0.15, -0.1) is 0 Å². The molecule has 0 bridgehead atoms. The Hall–Kier alpha value is -2.95. The molecule has 0 spiro atoms. The van der Waals surface area contributed by atoms with Crippen molar-refractivity contribution in [1.29, 1.82) is 0 Å². The minimum atomic E-state index is -4.73. The molecule has 1 amide bonds. The van der Waals surface area contributed by atoms with Gasteiger partial charge in [0.2, 0.25) is 0 Å². The summed E-state index contributed by atoms with van der Waals surface area (Å²) in [4.78, 5) is 23.9. The molecule has 0 radical (unpaired) electrons. The van der Waals surface area contributed by atoms with Crippen LogP contribution in [-0.4, -0.2) is 34.2 Å². The SMILES string of the molecule is C[C@@]1(c2nc(NC(=O)c3ccc(Cl)cn3)ccc2F)C[C@@H](C(F)(F)F)OC(N)=N1. The molecule has 12 heteroatoms. The number of anilines is 1. The lowest BCUT2D eigenvalue weighted by Gasteiger charge is -2.35. The largest absolute Gasteiger partial charge is 0.452 e. The lowest BCUT2D eigenvalue weighted by Crippen LogP contribution is -2.46. The van der Waals surface area contributed by atoms with Crippen molar-refractivity contribution in [2.75, 3.05) is 5.32 Å². The maximum atomic E-state index is 14.4. The number of aromatic nitrogens is 2. The van der Waals surface area contributed by atoms with E-state index in [0.717, 1.165) is 12.1 Å². The number of carbonyl (C=O) groups is 1. The number of rotatable bonds is 3. The van der Waals surface area contributed by atoms with Crippen LogP contribution in [-0.2, 0) is 10.3 Å². The summed E-state index contributed by atoms with van der Waals surface area (Å²) in [7, 11) is 0. The summed E-state index contributed by atoms with van der Waals surface area (Å²) in [5, 5.41) is 2.72. The molecular weight excluding hydrogens is 418 g/mol. The first-order valence-electron chi connectivity index (χ1n) is 8.16. The fraction of sp³-hybridized carbons (Fsp3) is 0.294. The number of halogens is 5. The number of nitrogens with two attached hydrogens (primary N) is 1. The molecule has 3 N–H and O–H groups in total. The summed E-state index contributed by atoms with van der Waals surface area (Å²) in [6.45, 7) is 1.25. The van der Waals surface area contributed by atoms with Crippen LogP contribution in [0.1, 0.15) is 29.5 Å². The fourth-order valence-electron chi connectivity index (χ4n) is 2.78. The molecule has 2 atom stereocenters. The van der Waals surface area contributed by atoms with Crippen molar-refractivity contribution in [3.05, 3.63) is 52.7 Å². The van der Waals surface area contributed by atoms with Gasteiger partial charge in [-0.1, -0.05) is 11.6 Å². The number of alkyl halides is 3. The molecule has 1 aliphatic rings. The number of amidine groups is 1. The van der Waals surface area contributed by atoms with Crippen molar-refractivity contribution in [3.8, 4) is 0 Å². The number of pyridine rings is 2. The number of amides is 1. The Balaban J connectivity index is 1.91. The minimum Gasteiger partial charge on any atom is -0.452 e. The predicted molar refractivity (Wildman–Crippen MR) is 95.9 cm³/mol. The van der Waals surface area contributed by atoms with Gasteiger partial charge < -0.3 is 15.8 Å². The second-order valence-corrected chi connectivity index (χ2v) is 6.86. The van der Waals surface area contributed by atoms with E-state index in [1.165, 1.54) is 25.3 Å². The number of hydrogen-bond donors (Lipinski definition) is 2. The highest BCUT2D eigenvalue weighted by molar-refractivity contribution is 6.30. The first-order chi connectivity index (χ1) is 13.5. The summed E-state index contributed by atoms with van der Waals surface area (Å²) in [6, 6.07) is 4.19. The van der Waals surface area contributed by atoms with Crippen molar-refractivity contribution >= 4 is 29.3 Å². The molecule has 2 aromatic rings. The molecule has 0 aromatic carbocycles. The highest BCUT2D eigenvalue weighted by atomic mass is 35.5. The average Bonchev–Trinajstić information content (AvgIpc) is 2.62. The zero-order valence-electron chi connectivity index (χ0n) is 14.8. The summed E-state index contributed by atoms with van der Waals surface area (Å²) in [5.41, 5.74) is 3.22. The van der Waals surface area contributed by atoms with Crippen molar-refractivity contribution in [1.82, 2.24) is 9.97 Å². The van der Waals surface area contributed by atoms with E-state index in [0.29, 0.717) is 5.02 Å². The molecule has 0 aliphatic carbocycles. The molecule has 0 saturated heterocycles. The molecule has 0 fully saturated rings. The third kappa shape index (κ3) is 4.56. The number of carbonyl (C=O) groups excluding carboxylic acids is 1. The fourth-order valence-corrected chi connectivity index (χ4v) is 2.89. The summed E-state index contributed by atoms with van der Waals surface area (Å²) < 4.78 is 58.3. The van der Waals surface area contributed by atoms with Gasteiger partial charge in [0, 0.05) is 12.6 Å². The van der Waals surface area contributed by atoms with Crippen LogP contribution in [0.25, 0.3) is 0 Å². The van der Waals surface area contributed by atoms with E-state index in [1.54, 1.807) is 0 Å². The van der Waals surface area contributed by atoms with Crippen LogP contribution in [0.3, 0.4) is 0 Å². The van der Waals surface area contributed by atoms with Crippen LogP contribution in [0.2, 0.25) is 5.02 Å². The summed E-state index contributed by atoms with van der Waals surface area (Å²) in [6.07, 6.45) is -6.48. The Morgan fingerprint density at radius 1 is 1.34 bits per heavy atom. The minimum absolute atomic E-state index is 0.0127. The van der Waals surface area contributed by atoms with E-state index < -0.39 is 47.7 Å². The molecule has 0 saturated carbocycles. The van der Waals surface area contributed by atoms with E-state index in [1.807, 2.05) is 0 Å². The smallest absolute Gasteiger partial charge is 0.425 e. The van der Waals surface area contributed by atoms with E-state index in [9.17, 15) is 22.4 Å². The van der Waals surface area contributed by atoms with Gasteiger partial charge in [-0.05, 0) is 31.2 Å². The van der Waals surface area contributed by atoms with E-state index in [-0.39, 0.29) is 11.5 Å². The van der Waals surface area contributed by atoms with Crippen molar-refractivity contribution in [3.63, 3.8) is 0 Å². The number of aliphatic imine (C=N–C) groups is 1. The monoisotopic (exact) mass is 431 g/mol. The second kappa shape index (κ2) is 7.47. The normalized spacial score (nSPS) is 21.9. The van der Waals surface area contributed by atoms with Gasteiger partial charge in [0.1, 0.15) is 28.6 Å². The van der Waals surface area contributed by atoms with E-state index >= 15 is 0 Å². The van der Waals surface area contributed by atoms with Gasteiger partial charge in [0.15, 0.2) is 6.10 Å². The van der Waals surface area contributed by atoms with Gasteiger partial charge in [-0.3, -0.25) is 4.79 Å². The molecule has 3 rings (SSSR count). The van der Waals surface area contributed by atoms with Crippen molar-refractivity contribution in [2.45, 2.75) is 31.2 Å². The zero-order valence-corrected chi connectivity index (χ0v) is 15.6. The van der Waals surface area contributed by atoms with Crippen LogP contribution in [0.15, 0.2) is 35.5 Å². The van der Waals surface area contributed by atoms with Crippen molar-refractivity contribution < 1.29 is 27.1 Å². The Labute approximate surface area is 167 Å². The van der Waals surface area contributed by atoms with Crippen LogP contribution in [0, 0.1) is 5.82 Å². The number of ether oxygens (including phenoxy) is 1. The molecule has 29 heavy (non-hydrogen) atoms.